The average molecular weight is 227 g/mol. The second-order valence-corrected chi connectivity index (χ2v) is 5.10. The van der Waals surface area contributed by atoms with Gasteiger partial charge in [0.05, 0.1) is 5.92 Å². The lowest BCUT2D eigenvalue weighted by Gasteiger charge is -2.14. The average Bonchev–Trinajstić information content (AvgIpc) is 2.59. The third-order valence-electron chi connectivity index (χ3n) is 3.58. The smallest absolute Gasteiger partial charge is 0.308 e. The minimum atomic E-state index is -0.624. The van der Waals surface area contributed by atoms with Gasteiger partial charge < -0.3 is 10.0 Å². The highest BCUT2D eigenvalue weighted by molar-refractivity contribution is 5.71. The maximum atomic E-state index is 10.9. The fraction of sp³-hybridized carbons (Fsp3) is 0.923. The van der Waals surface area contributed by atoms with Crippen LogP contribution in [0.3, 0.4) is 0 Å². The SMILES string of the molecule is CCCCCCCN1CC(C)C(C(=O)O)C1. The largest absolute Gasteiger partial charge is 0.481 e. The third kappa shape index (κ3) is 4.12. The van der Waals surface area contributed by atoms with Crippen molar-refractivity contribution in [2.75, 3.05) is 19.6 Å². The molecule has 0 spiro atoms. The Morgan fingerprint density at radius 3 is 2.50 bits per heavy atom. The van der Waals surface area contributed by atoms with E-state index in [9.17, 15) is 4.79 Å². The number of carbonyl (C=O) groups is 1. The van der Waals surface area contributed by atoms with Crippen LogP contribution < -0.4 is 0 Å². The van der Waals surface area contributed by atoms with Gasteiger partial charge in [0.1, 0.15) is 0 Å². The van der Waals surface area contributed by atoms with Gasteiger partial charge in [-0.05, 0) is 18.9 Å². The highest BCUT2D eigenvalue weighted by Crippen LogP contribution is 2.23. The van der Waals surface area contributed by atoms with Crippen LogP contribution in [0.5, 0.6) is 0 Å². The molecule has 1 fully saturated rings. The summed E-state index contributed by atoms with van der Waals surface area (Å²) in [5.74, 6) is -0.454. The van der Waals surface area contributed by atoms with Gasteiger partial charge in [-0.3, -0.25) is 4.79 Å². The monoisotopic (exact) mass is 227 g/mol. The van der Waals surface area contributed by atoms with Crippen LogP contribution in [0.4, 0.5) is 0 Å². The highest BCUT2D eigenvalue weighted by atomic mass is 16.4. The van der Waals surface area contributed by atoms with Crippen molar-refractivity contribution in [1.82, 2.24) is 4.90 Å². The lowest BCUT2D eigenvalue weighted by atomic mass is 9.99. The molecule has 0 amide bonds. The van der Waals surface area contributed by atoms with Gasteiger partial charge >= 0.3 is 5.97 Å². The van der Waals surface area contributed by atoms with Gasteiger partial charge in [0, 0.05) is 13.1 Å². The van der Waals surface area contributed by atoms with Gasteiger partial charge in [-0.2, -0.15) is 0 Å². The Bertz CT molecular complexity index is 218. The number of hydrogen-bond acceptors (Lipinski definition) is 2. The van der Waals surface area contributed by atoms with E-state index in [1.165, 1.54) is 32.1 Å². The Morgan fingerprint density at radius 2 is 1.94 bits per heavy atom. The number of likely N-dealkylation sites (tertiary alicyclic amines) is 1. The van der Waals surface area contributed by atoms with Crippen molar-refractivity contribution >= 4 is 5.97 Å². The molecule has 94 valence electrons. The minimum Gasteiger partial charge on any atom is -0.481 e. The van der Waals surface area contributed by atoms with Crippen LogP contribution >= 0.6 is 0 Å². The summed E-state index contributed by atoms with van der Waals surface area (Å²) < 4.78 is 0. The lowest BCUT2D eigenvalue weighted by Crippen LogP contribution is -2.24. The Kier molecular flexibility index (Phi) is 5.81. The number of rotatable bonds is 7. The number of hydrogen-bond donors (Lipinski definition) is 1. The molecule has 1 heterocycles. The van der Waals surface area contributed by atoms with Crippen molar-refractivity contribution < 1.29 is 9.90 Å². The molecule has 16 heavy (non-hydrogen) atoms. The van der Waals surface area contributed by atoms with Crippen molar-refractivity contribution in [2.45, 2.75) is 46.0 Å². The molecule has 1 aliphatic heterocycles. The van der Waals surface area contributed by atoms with Crippen LogP contribution in [0.25, 0.3) is 0 Å². The van der Waals surface area contributed by atoms with Crippen LogP contribution in [-0.2, 0) is 4.79 Å². The second kappa shape index (κ2) is 6.89. The minimum absolute atomic E-state index is 0.143. The van der Waals surface area contributed by atoms with Crippen LogP contribution in [-0.4, -0.2) is 35.6 Å². The molecule has 2 atom stereocenters. The van der Waals surface area contributed by atoms with Crippen LogP contribution in [0, 0.1) is 11.8 Å². The standard InChI is InChI=1S/C13H25NO2/c1-3-4-5-6-7-8-14-9-11(2)12(10-14)13(15)16/h11-12H,3-10H2,1-2H3,(H,15,16). The molecule has 0 saturated carbocycles. The van der Waals surface area contributed by atoms with Crippen molar-refractivity contribution in [3.63, 3.8) is 0 Å². The third-order valence-corrected chi connectivity index (χ3v) is 3.58. The summed E-state index contributed by atoms with van der Waals surface area (Å²) in [4.78, 5) is 13.3. The quantitative estimate of drug-likeness (QED) is 0.680. The van der Waals surface area contributed by atoms with E-state index < -0.39 is 5.97 Å². The van der Waals surface area contributed by atoms with E-state index in [0.29, 0.717) is 5.92 Å². The molecule has 0 radical (unpaired) electrons. The molecule has 2 unspecified atom stereocenters. The van der Waals surface area contributed by atoms with Crippen molar-refractivity contribution in [1.29, 1.82) is 0 Å². The maximum absolute atomic E-state index is 10.9. The molecule has 3 heteroatoms. The van der Waals surface area contributed by atoms with Crippen LogP contribution in [0.15, 0.2) is 0 Å². The molecule has 1 rings (SSSR count). The molecule has 0 bridgehead atoms. The Labute approximate surface area is 98.8 Å². The van der Waals surface area contributed by atoms with Gasteiger partial charge in [-0.25, -0.2) is 0 Å². The molecule has 0 aromatic rings. The molecule has 0 aromatic carbocycles. The predicted molar refractivity (Wildman–Crippen MR) is 65.5 cm³/mol. The summed E-state index contributed by atoms with van der Waals surface area (Å²) in [6.45, 7) is 7.07. The number of carboxylic acids is 1. The predicted octanol–water partition coefficient (Wildman–Crippen LogP) is 2.61. The first-order valence-corrected chi connectivity index (χ1v) is 6.60. The lowest BCUT2D eigenvalue weighted by molar-refractivity contribution is -0.142. The molecule has 1 N–H and O–H groups in total. The topological polar surface area (TPSA) is 40.5 Å². The molecule has 0 aliphatic carbocycles. The normalized spacial score (nSPS) is 26.1. The zero-order valence-corrected chi connectivity index (χ0v) is 10.6. The molecule has 1 saturated heterocycles. The summed E-state index contributed by atoms with van der Waals surface area (Å²) in [5.41, 5.74) is 0. The molecule has 3 nitrogen and oxygen atoms in total. The molecule has 0 aromatic heterocycles. The van der Waals surface area contributed by atoms with E-state index in [1.807, 2.05) is 0 Å². The summed E-state index contributed by atoms with van der Waals surface area (Å²) in [5, 5.41) is 9.02. The summed E-state index contributed by atoms with van der Waals surface area (Å²) in [7, 11) is 0. The van der Waals surface area contributed by atoms with Crippen molar-refractivity contribution in [3.8, 4) is 0 Å². The summed E-state index contributed by atoms with van der Waals surface area (Å²) in [6, 6.07) is 0. The fourth-order valence-electron chi connectivity index (χ4n) is 2.51. The van der Waals surface area contributed by atoms with E-state index in [2.05, 4.69) is 18.7 Å². The Hall–Kier alpha value is -0.570. The first-order valence-electron chi connectivity index (χ1n) is 6.60. The summed E-state index contributed by atoms with van der Waals surface area (Å²) >= 11 is 0. The van der Waals surface area contributed by atoms with Gasteiger partial charge in [-0.1, -0.05) is 39.5 Å². The highest BCUT2D eigenvalue weighted by Gasteiger charge is 2.33. The van der Waals surface area contributed by atoms with Gasteiger partial charge in [0.2, 0.25) is 0 Å². The van der Waals surface area contributed by atoms with Crippen LogP contribution in [0.2, 0.25) is 0 Å². The first-order chi connectivity index (χ1) is 7.65. The number of aliphatic carboxylic acids is 1. The first kappa shape index (κ1) is 13.5. The number of nitrogens with zero attached hydrogens (tertiary/aromatic N) is 1. The Balaban J connectivity index is 2.13. The van der Waals surface area contributed by atoms with Gasteiger partial charge in [0.15, 0.2) is 0 Å². The fourth-order valence-corrected chi connectivity index (χ4v) is 2.51. The Morgan fingerprint density at radius 1 is 1.25 bits per heavy atom. The second-order valence-electron chi connectivity index (χ2n) is 5.10. The zero-order valence-electron chi connectivity index (χ0n) is 10.6. The van der Waals surface area contributed by atoms with E-state index in [-0.39, 0.29) is 5.92 Å². The van der Waals surface area contributed by atoms with E-state index >= 15 is 0 Å². The van der Waals surface area contributed by atoms with E-state index in [1.54, 1.807) is 0 Å². The number of unbranched alkanes of at least 4 members (excludes halogenated alkanes) is 4. The zero-order chi connectivity index (χ0) is 12.0. The molecular formula is C13H25NO2. The van der Waals surface area contributed by atoms with Gasteiger partial charge in [0.25, 0.3) is 0 Å². The molecule has 1 aliphatic rings. The van der Waals surface area contributed by atoms with Crippen molar-refractivity contribution in [3.05, 3.63) is 0 Å². The summed E-state index contributed by atoms with van der Waals surface area (Å²) in [6.07, 6.45) is 6.44. The molecular weight excluding hydrogens is 202 g/mol. The van der Waals surface area contributed by atoms with Crippen LogP contribution in [0.1, 0.15) is 46.0 Å². The van der Waals surface area contributed by atoms with E-state index in [0.717, 1.165) is 19.6 Å². The van der Waals surface area contributed by atoms with Gasteiger partial charge in [-0.15, -0.1) is 0 Å². The maximum Gasteiger partial charge on any atom is 0.308 e. The number of carboxylic acid groups (broad SMARTS) is 1. The van der Waals surface area contributed by atoms with Crippen molar-refractivity contribution in [2.24, 2.45) is 11.8 Å². The van der Waals surface area contributed by atoms with E-state index in [4.69, 9.17) is 5.11 Å².